The number of oxazole rings is 1. The Kier molecular flexibility index (Phi) is 4.24. The van der Waals surface area contributed by atoms with Gasteiger partial charge in [-0.3, -0.25) is 4.90 Å². The number of rotatable bonds is 5. The first kappa shape index (κ1) is 14.5. The second-order valence-corrected chi connectivity index (χ2v) is 7.03. The highest BCUT2D eigenvalue weighted by atomic mass is 32.1. The van der Waals surface area contributed by atoms with E-state index in [4.69, 9.17) is 4.42 Å². The van der Waals surface area contributed by atoms with E-state index in [2.05, 4.69) is 41.4 Å². The number of aromatic nitrogens is 1. The van der Waals surface area contributed by atoms with Gasteiger partial charge in [0, 0.05) is 17.5 Å². The van der Waals surface area contributed by atoms with Crippen LogP contribution in [0, 0.1) is 6.92 Å². The van der Waals surface area contributed by atoms with Gasteiger partial charge in [0.25, 0.3) is 0 Å². The molecule has 21 heavy (non-hydrogen) atoms. The van der Waals surface area contributed by atoms with Crippen LogP contribution in [0.3, 0.4) is 0 Å². The van der Waals surface area contributed by atoms with Crippen molar-refractivity contribution in [2.24, 2.45) is 0 Å². The molecule has 3 heterocycles. The molecule has 0 saturated carbocycles. The van der Waals surface area contributed by atoms with Gasteiger partial charge < -0.3 is 4.42 Å². The highest BCUT2D eigenvalue weighted by Gasteiger charge is 2.18. The maximum atomic E-state index is 5.81. The Morgan fingerprint density at radius 3 is 2.67 bits per heavy atom. The van der Waals surface area contributed by atoms with Gasteiger partial charge >= 0.3 is 0 Å². The van der Waals surface area contributed by atoms with E-state index in [1.165, 1.54) is 4.88 Å². The summed E-state index contributed by atoms with van der Waals surface area (Å²) in [5, 5.41) is 4.16. The number of nitrogens with zero attached hydrogens (tertiary/aromatic N) is 2. The molecule has 0 aromatic carbocycles. The molecule has 1 atom stereocenters. The van der Waals surface area contributed by atoms with Gasteiger partial charge in [-0.05, 0) is 43.8 Å². The van der Waals surface area contributed by atoms with Crippen molar-refractivity contribution in [3.05, 3.63) is 51.4 Å². The first-order valence-electron chi connectivity index (χ1n) is 6.89. The molecular formula is C16H18N2OS2. The molecular weight excluding hydrogens is 300 g/mol. The highest BCUT2D eigenvalue weighted by molar-refractivity contribution is 7.13. The van der Waals surface area contributed by atoms with Crippen LogP contribution in [0.25, 0.3) is 10.8 Å². The van der Waals surface area contributed by atoms with Crippen LogP contribution in [-0.4, -0.2) is 16.9 Å². The third-order valence-electron chi connectivity index (χ3n) is 3.64. The second kappa shape index (κ2) is 6.13. The molecule has 5 heteroatoms. The van der Waals surface area contributed by atoms with E-state index in [0.29, 0.717) is 6.04 Å². The zero-order chi connectivity index (χ0) is 14.8. The average molecular weight is 318 g/mol. The van der Waals surface area contributed by atoms with E-state index < -0.39 is 0 Å². The van der Waals surface area contributed by atoms with Crippen molar-refractivity contribution >= 4 is 22.7 Å². The highest BCUT2D eigenvalue weighted by Crippen LogP contribution is 2.28. The van der Waals surface area contributed by atoms with Crippen LogP contribution >= 0.6 is 22.7 Å². The van der Waals surface area contributed by atoms with E-state index in [9.17, 15) is 0 Å². The summed E-state index contributed by atoms with van der Waals surface area (Å²) in [7, 11) is 2.13. The predicted molar refractivity (Wildman–Crippen MR) is 88.8 cm³/mol. The fraction of sp³-hybridized carbons (Fsp3) is 0.312. The Labute approximate surface area is 132 Å². The Hall–Kier alpha value is -1.43. The first-order chi connectivity index (χ1) is 10.1. The lowest BCUT2D eigenvalue weighted by molar-refractivity contribution is 0.252. The smallest absolute Gasteiger partial charge is 0.236 e. The molecule has 0 N–H and O–H groups in total. The van der Waals surface area contributed by atoms with Crippen molar-refractivity contribution in [2.75, 3.05) is 7.05 Å². The van der Waals surface area contributed by atoms with Gasteiger partial charge in [0.1, 0.15) is 5.76 Å². The minimum absolute atomic E-state index is 0.381. The lowest BCUT2D eigenvalue weighted by Crippen LogP contribution is -2.21. The van der Waals surface area contributed by atoms with E-state index >= 15 is 0 Å². The Bertz CT molecular complexity index is 686. The van der Waals surface area contributed by atoms with Gasteiger partial charge in [-0.1, -0.05) is 12.1 Å². The average Bonchev–Trinajstić information content (AvgIpc) is 3.20. The molecule has 0 radical (unpaired) electrons. The number of hydrogen-bond acceptors (Lipinski definition) is 5. The predicted octanol–water partition coefficient (Wildman–Crippen LogP) is 4.97. The maximum absolute atomic E-state index is 5.81. The van der Waals surface area contributed by atoms with Crippen LogP contribution in [0.2, 0.25) is 0 Å². The number of aryl methyl sites for hydroxylation is 1. The standard InChI is InChI=1S/C16H18N2OS2/c1-11(14-6-4-8-20-14)18(3)10-13-12(2)19-16(17-13)15-7-5-9-21-15/h4-9,11H,10H2,1-3H3/t11-/m0/s1. The molecule has 0 bridgehead atoms. The fourth-order valence-electron chi connectivity index (χ4n) is 2.20. The summed E-state index contributed by atoms with van der Waals surface area (Å²) in [6.45, 7) is 5.00. The van der Waals surface area contributed by atoms with Gasteiger partial charge in [-0.25, -0.2) is 4.98 Å². The van der Waals surface area contributed by atoms with E-state index in [-0.39, 0.29) is 0 Å². The number of thiophene rings is 2. The minimum Gasteiger partial charge on any atom is -0.440 e. The molecule has 0 unspecified atom stereocenters. The van der Waals surface area contributed by atoms with E-state index in [1.54, 1.807) is 22.7 Å². The quantitative estimate of drug-likeness (QED) is 0.665. The third kappa shape index (κ3) is 3.10. The van der Waals surface area contributed by atoms with Crippen molar-refractivity contribution < 1.29 is 4.42 Å². The molecule has 3 aromatic rings. The normalized spacial score (nSPS) is 13.0. The van der Waals surface area contributed by atoms with Crippen molar-refractivity contribution in [1.82, 2.24) is 9.88 Å². The zero-order valence-electron chi connectivity index (χ0n) is 12.4. The molecule has 0 saturated heterocycles. The van der Waals surface area contributed by atoms with Crippen LogP contribution in [-0.2, 0) is 6.54 Å². The van der Waals surface area contributed by atoms with Crippen molar-refractivity contribution in [3.8, 4) is 10.8 Å². The van der Waals surface area contributed by atoms with Crippen molar-refractivity contribution in [2.45, 2.75) is 26.4 Å². The van der Waals surface area contributed by atoms with Gasteiger partial charge in [0.05, 0.1) is 10.6 Å². The largest absolute Gasteiger partial charge is 0.440 e. The van der Waals surface area contributed by atoms with Gasteiger partial charge in [0.15, 0.2) is 0 Å². The summed E-state index contributed by atoms with van der Waals surface area (Å²) in [6, 6.07) is 8.72. The third-order valence-corrected chi connectivity index (χ3v) is 5.54. The lowest BCUT2D eigenvalue weighted by atomic mass is 10.2. The topological polar surface area (TPSA) is 29.3 Å². The molecule has 0 spiro atoms. The molecule has 3 rings (SSSR count). The monoisotopic (exact) mass is 318 g/mol. The van der Waals surface area contributed by atoms with Crippen LogP contribution in [0.1, 0.15) is 29.3 Å². The van der Waals surface area contributed by atoms with E-state index in [0.717, 1.165) is 28.8 Å². The van der Waals surface area contributed by atoms with Crippen molar-refractivity contribution in [3.63, 3.8) is 0 Å². The molecule has 0 fully saturated rings. The first-order valence-corrected chi connectivity index (χ1v) is 8.65. The van der Waals surface area contributed by atoms with E-state index in [1.807, 2.05) is 24.4 Å². The second-order valence-electron chi connectivity index (χ2n) is 5.11. The Morgan fingerprint density at radius 2 is 2.00 bits per heavy atom. The number of hydrogen-bond donors (Lipinski definition) is 0. The summed E-state index contributed by atoms with van der Waals surface area (Å²) in [5.74, 6) is 1.64. The summed E-state index contributed by atoms with van der Waals surface area (Å²) >= 11 is 3.45. The molecule has 0 aliphatic heterocycles. The van der Waals surface area contributed by atoms with Crippen LogP contribution in [0.4, 0.5) is 0 Å². The fourth-order valence-corrected chi connectivity index (χ4v) is 3.70. The van der Waals surface area contributed by atoms with Gasteiger partial charge in [0.2, 0.25) is 5.89 Å². The molecule has 110 valence electrons. The lowest BCUT2D eigenvalue weighted by Gasteiger charge is -2.22. The zero-order valence-corrected chi connectivity index (χ0v) is 14.0. The Morgan fingerprint density at radius 1 is 1.24 bits per heavy atom. The van der Waals surface area contributed by atoms with Crippen LogP contribution in [0.15, 0.2) is 39.4 Å². The molecule has 3 nitrogen and oxygen atoms in total. The maximum Gasteiger partial charge on any atom is 0.236 e. The Balaban J connectivity index is 1.76. The molecule has 0 aliphatic carbocycles. The van der Waals surface area contributed by atoms with Crippen LogP contribution < -0.4 is 0 Å². The summed E-state index contributed by atoms with van der Waals surface area (Å²) < 4.78 is 5.81. The van der Waals surface area contributed by atoms with Crippen LogP contribution in [0.5, 0.6) is 0 Å². The van der Waals surface area contributed by atoms with Gasteiger partial charge in [-0.2, -0.15) is 0 Å². The summed E-state index contributed by atoms with van der Waals surface area (Å²) in [4.78, 5) is 9.42. The summed E-state index contributed by atoms with van der Waals surface area (Å²) in [5.41, 5.74) is 1.02. The van der Waals surface area contributed by atoms with Crippen molar-refractivity contribution in [1.29, 1.82) is 0 Å². The molecule has 0 aliphatic rings. The summed E-state index contributed by atoms with van der Waals surface area (Å²) in [6.07, 6.45) is 0. The molecule has 0 amide bonds. The molecule has 3 aromatic heterocycles. The minimum atomic E-state index is 0.381. The van der Waals surface area contributed by atoms with Gasteiger partial charge in [-0.15, -0.1) is 22.7 Å². The SMILES string of the molecule is Cc1oc(-c2cccs2)nc1CN(C)[C@@H](C)c1cccs1.